The Morgan fingerprint density at radius 2 is 1.84 bits per heavy atom. The Kier molecular flexibility index (Phi) is 7.96. The number of benzene rings is 2. The molecule has 1 N–H and O–H groups in total. The molecule has 8 heteroatoms. The maximum Gasteiger partial charge on any atom is 0.341 e. The summed E-state index contributed by atoms with van der Waals surface area (Å²) in [7, 11) is 1.31. The molecule has 0 fully saturated rings. The summed E-state index contributed by atoms with van der Waals surface area (Å²) in [6.07, 6.45) is 2.93. The fourth-order valence-electron chi connectivity index (χ4n) is 3.12. The number of nitrogens with one attached hydrogen (secondary N) is 1. The summed E-state index contributed by atoms with van der Waals surface area (Å²) in [5.74, 6) is -0.192. The van der Waals surface area contributed by atoms with Crippen molar-refractivity contribution in [3.8, 4) is 16.9 Å². The zero-order valence-electron chi connectivity index (χ0n) is 17.7. The molecule has 0 saturated heterocycles. The van der Waals surface area contributed by atoms with Gasteiger partial charge in [0.05, 0.1) is 13.7 Å². The molecule has 0 radical (unpaired) electrons. The highest BCUT2D eigenvalue weighted by Gasteiger charge is 2.24. The lowest BCUT2D eigenvalue weighted by Crippen LogP contribution is -2.11. The number of esters is 1. The largest absolute Gasteiger partial charge is 0.494 e. The molecular formula is C24H21Cl2NO4S. The van der Waals surface area contributed by atoms with Gasteiger partial charge in [-0.15, -0.1) is 11.3 Å². The Hall–Kier alpha value is -2.80. The molecule has 0 aliphatic rings. The molecule has 0 saturated carbocycles. The number of ether oxygens (including phenoxy) is 2. The molecule has 0 unspecified atom stereocenters. The van der Waals surface area contributed by atoms with E-state index in [9.17, 15) is 9.59 Å². The number of amides is 1. The molecule has 166 valence electrons. The lowest BCUT2D eigenvalue weighted by molar-refractivity contribution is -0.111. The van der Waals surface area contributed by atoms with Crippen LogP contribution < -0.4 is 10.1 Å². The van der Waals surface area contributed by atoms with Crippen molar-refractivity contribution >= 4 is 57.5 Å². The minimum atomic E-state index is -0.529. The third-order valence-corrected chi connectivity index (χ3v) is 6.12. The van der Waals surface area contributed by atoms with Crippen LogP contribution in [-0.2, 0) is 9.53 Å². The maximum atomic E-state index is 12.6. The van der Waals surface area contributed by atoms with Gasteiger partial charge in [0.1, 0.15) is 16.3 Å². The van der Waals surface area contributed by atoms with Gasteiger partial charge in [0.25, 0.3) is 0 Å². The van der Waals surface area contributed by atoms with E-state index in [1.807, 2.05) is 38.1 Å². The van der Waals surface area contributed by atoms with Crippen LogP contribution in [0.3, 0.4) is 0 Å². The highest BCUT2D eigenvalue weighted by molar-refractivity contribution is 7.17. The molecule has 32 heavy (non-hydrogen) atoms. The number of thiophene rings is 1. The third-order valence-electron chi connectivity index (χ3n) is 4.54. The molecule has 1 amide bonds. The van der Waals surface area contributed by atoms with E-state index in [1.54, 1.807) is 24.3 Å². The van der Waals surface area contributed by atoms with Gasteiger partial charge in [0, 0.05) is 26.6 Å². The molecule has 1 aromatic heterocycles. The van der Waals surface area contributed by atoms with Gasteiger partial charge in [0.2, 0.25) is 5.91 Å². The first-order valence-corrected chi connectivity index (χ1v) is 11.3. The number of carbonyl (C=O) groups excluding carboxylic acids is 2. The summed E-state index contributed by atoms with van der Waals surface area (Å²) in [6, 6.07) is 12.4. The van der Waals surface area contributed by atoms with Gasteiger partial charge in [-0.1, -0.05) is 41.4 Å². The summed E-state index contributed by atoms with van der Waals surface area (Å²) in [5, 5.41) is 4.14. The lowest BCUT2D eigenvalue weighted by Gasteiger charge is -2.08. The molecule has 2 aromatic carbocycles. The van der Waals surface area contributed by atoms with Crippen LogP contribution in [0.25, 0.3) is 17.2 Å². The van der Waals surface area contributed by atoms with Crippen molar-refractivity contribution in [3.05, 3.63) is 74.6 Å². The molecule has 3 rings (SSSR count). The summed E-state index contributed by atoms with van der Waals surface area (Å²) in [5.41, 5.74) is 2.50. The van der Waals surface area contributed by atoms with Crippen molar-refractivity contribution in [2.75, 3.05) is 19.0 Å². The van der Waals surface area contributed by atoms with Crippen molar-refractivity contribution in [2.45, 2.75) is 13.8 Å². The van der Waals surface area contributed by atoms with Crippen LogP contribution in [0.5, 0.6) is 5.75 Å². The summed E-state index contributed by atoms with van der Waals surface area (Å²) >= 11 is 13.4. The van der Waals surface area contributed by atoms with Crippen LogP contribution in [0.4, 0.5) is 5.00 Å². The minimum absolute atomic E-state index is 0.311. The Morgan fingerprint density at radius 3 is 2.47 bits per heavy atom. The number of hydrogen-bond donors (Lipinski definition) is 1. The van der Waals surface area contributed by atoms with Gasteiger partial charge in [-0.2, -0.15) is 0 Å². The smallest absolute Gasteiger partial charge is 0.341 e. The fourth-order valence-corrected chi connectivity index (χ4v) is 4.66. The predicted octanol–water partition coefficient (Wildman–Crippen LogP) is 6.87. The quantitative estimate of drug-likeness (QED) is 0.290. The Bertz CT molecular complexity index is 1170. The number of hydrogen-bond acceptors (Lipinski definition) is 5. The molecule has 0 spiro atoms. The first-order chi connectivity index (χ1) is 15.3. The van der Waals surface area contributed by atoms with Crippen LogP contribution in [0.15, 0.2) is 48.5 Å². The van der Waals surface area contributed by atoms with Gasteiger partial charge in [-0.25, -0.2) is 4.79 Å². The molecular weight excluding hydrogens is 469 g/mol. The normalized spacial score (nSPS) is 10.9. The third kappa shape index (κ3) is 5.51. The van der Waals surface area contributed by atoms with Crippen LogP contribution in [0.2, 0.25) is 10.0 Å². The second-order valence-electron chi connectivity index (χ2n) is 6.67. The van der Waals surface area contributed by atoms with E-state index in [2.05, 4.69) is 5.32 Å². The van der Waals surface area contributed by atoms with Gasteiger partial charge in [0.15, 0.2) is 0 Å². The number of carbonyl (C=O) groups is 2. The van der Waals surface area contributed by atoms with Gasteiger partial charge in [-0.05, 0) is 55.3 Å². The first-order valence-electron chi connectivity index (χ1n) is 9.73. The van der Waals surface area contributed by atoms with Crippen LogP contribution in [0.1, 0.15) is 27.7 Å². The van der Waals surface area contributed by atoms with Crippen molar-refractivity contribution in [2.24, 2.45) is 0 Å². The summed E-state index contributed by atoms with van der Waals surface area (Å²) in [6.45, 7) is 4.37. The number of aryl methyl sites for hydroxylation is 1. The summed E-state index contributed by atoms with van der Waals surface area (Å²) in [4.78, 5) is 26.1. The van der Waals surface area contributed by atoms with Gasteiger partial charge >= 0.3 is 5.97 Å². The van der Waals surface area contributed by atoms with E-state index < -0.39 is 11.9 Å². The molecule has 0 aliphatic heterocycles. The van der Waals surface area contributed by atoms with E-state index >= 15 is 0 Å². The Balaban J connectivity index is 1.91. The van der Waals surface area contributed by atoms with Crippen LogP contribution in [-0.4, -0.2) is 25.6 Å². The number of rotatable bonds is 7. The average Bonchev–Trinajstić information content (AvgIpc) is 3.08. The Labute approximate surface area is 200 Å². The predicted molar refractivity (Wildman–Crippen MR) is 131 cm³/mol. The van der Waals surface area contributed by atoms with E-state index in [4.69, 9.17) is 32.7 Å². The van der Waals surface area contributed by atoms with E-state index in [-0.39, 0.29) is 0 Å². The number of halogens is 2. The van der Waals surface area contributed by atoms with Crippen molar-refractivity contribution in [1.29, 1.82) is 0 Å². The molecule has 3 aromatic rings. The number of methoxy groups -OCH3 is 1. The van der Waals surface area contributed by atoms with Crippen molar-refractivity contribution < 1.29 is 19.1 Å². The Morgan fingerprint density at radius 1 is 1.12 bits per heavy atom. The lowest BCUT2D eigenvalue weighted by atomic mass is 10.0. The first kappa shape index (κ1) is 23.9. The summed E-state index contributed by atoms with van der Waals surface area (Å²) < 4.78 is 10.5. The molecule has 0 bridgehead atoms. The zero-order chi connectivity index (χ0) is 23.3. The monoisotopic (exact) mass is 489 g/mol. The second-order valence-corrected chi connectivity index (χ2v) is 8.74. The highest BCUT2D eigenvalue weighted by atomic mass is 35.5. The standard InChI is InChI=1S/C24H21Cl2NO4S/c1-4-31-18-10-6-16(7-11-18)21-14(2)32-23(22(21)24(29)30-3)27-20(28)12-8-15-5-9-17(25)13-19(15)26/h5-13H,4H2,1-3H3,(H,27,28)/b12-8+. The fraction of sp³-hybridized carbons (Fsp3) is 0.167. The van der Waals surface area contributed by atoms with Crippen molar-refractivity contribution in [1.82, 2.24) is 0 Å². The van der Waals surface area contributed by atoms with E-state index in [0.717, 1.165) is 16.2 Å². The maximum absolute atomic E-state index is 12.6. The van der Waals surface area contributed by atoms with Gasteiger partial charge < -0.3 is 14.8 Å². The van der Waals surface area contributed by atoms with E-state index in [1.165, 1.54) is 24.5 Å². The van der Waals surface area contributed by atoms with Gasteiger partial charge in [-0.3, -0.25) is 4.79 Å². The van der Waals surface area contributed by atoms with Crippen molar-refractivity contribution in [3.63, 3.8) is 0 Å². The topological polar surface area (TPSA) is 64.6 Å². The van der Waals surface area contributed by atoms with Crippen LogP contribution in [0, 0.1) is 6.92 Å². The zero-order valence-corrected chi connectivity index (χ0v) is 20.0. The minimum Gasteiger partial charge on any atom is -0.494 e. The molecule has 0 aliphatic carbocycles. The number of anilines is 1. The average molecular weight is 490 g/mol. The SMILES string of the molecule is CCOc1ccc(-c2c(C)sc(NC(=O)/C=C/c3ccc(Cl)cc3Cl)c2C(=O)OC)cc1. The van der Waals surface area contributed by atoms with Crippen LogP contribution >= 0.6 is 34.5 Å². The van der Waals surface area contributed by atoms with E-state index in [0.29, 0.717) is 38.3 Å². The second kappa shape index (κ2) is 10.7. The highest BCUT2D eigenvalue weighted by Crippen LogP contribution is 2.40. The molecule has 5 nitrogen and oxygen atoms in total. The molecule has 0 atom stereocenters. The molecule has 1 heterocycles.